The molecule has 1 aliphatic rings. The zero-order chi connectivity index (χ0) is 28.4. The third kappa shape index (κ3) is 5.81. The minimum atomic E-state index is -0.693. The Balaban J connectivity index is 1.53. The van der Waals surface area contributed by atoms with E-state index in [1.807, 2.05) is 42.5 Å². The largest absolute Gasteiger partial charge is 0.488 e. The standard InChI is InChI=1S/C30H23BrCl2N2O4S/c1-3-38-29(37)26-17(2)34-30-35(27(26)19-9-11-21(32)12-10-19)28(36)25(40-30)15-18-8-13-24(22(31)14-18)39-16-20-6-4-5-7-23(20)33/h4-15,27H,3,16H2,1-2H3/b25-15-/t27-/m0/s1. The number of carbonyl (C=O) groups is 1. The molecule has 0 radical (unpaired) electrons. The number of thiazole rings is 1. The fraction of sp³-hybridized carbons (Fsp3) is 0.167. The van der Waals surface area contributed by atoms with Gasteiger partial charge in [0, 0.05) is 15.6 Å². The van der Waals surface area contributed by atoms with Crippen molar-refractivity contribution in [2.45, 2.75) is 26.5 Å². The maximum absolute atomic E-state index is 13.8. The van der Waals surface area contributed by atoms with Gasteiger partial charge < -0.3 is 9.47 Å². The van der Waals surface area contributed by atoms with Crippen LogP contribution >= 0.6 is 50.5 Å². The van der Waals surface area contributed by atoms with Gasteiger partial charge >= 0.3 is 5.97 Å². The zero-order valence-corrected chi connectivity index (χ0v) is 25.4. The Bertz CT molecular complexity index is 1810. The minimum absolute atomic E-state index is 0.209. The topological polar surface area (TPSA) is 69.9 Å². The monoisotopic (exact) mass is 656 g/mol. The van der Waals surface area contributed by atoms with Crippen molar-refractivity contribution in [1.29, 1.82) is 0 Å². The van der Waals surface area contributed by atoms with E-state index in [1.54, 1.807) is 48.8 Å². The molecule has 1 aromatic heterocycles. The van der Waals surface area contributed by atoms with Crippen LogP contribution in [0.4, 0.5) is 0 Å². The number of ether oxygens (including phenoxy) is 2. The van der Waals surface area contributed by atoms with Gasteiger partial charge in [-0.1, -0.05) is 70.9 Å². The second kappa shape index (κ2) is 12.1. The van der Waals surface area contributed by atoms with Crippen molar-refractivity contribution >= 4 is 62.5 Å². The van der Waals surface area contributed by atoms with Gasteiger partial charge in [0.25, 0.3) is 5.56 Å². The molecule has 10 heteroatoms. The van der Waals surface area contributed by atoms with E-state index < -0.39 is 12.0 Å². The van der Waals surface area contributed by atoms with Gasteiger partial charge in [-0.3, -0.25) is 9.36 Å². The summed E-state index contributed by atoms with van der Waals surface area (Å²) in [7, 11) is 0. The Morgan fingerprint density at radius 2 is 1.88 bits per heavy atom. The number of nitrogens with zero attached hydrogens (tertiary/aromatic N) is 2. The van der Waals surface area contributed by atoms with Gasteiger partial charge in [0.15, 0.2) is 4.80 Å². The van der Waals surface area contributed by atoms with Crippen molar-refractivity contribution in [1.82, 2.24) is 4.57 Å². The van der Waals surface area contributed by atoms with Crippen molar-refractivity contribution in [2.24, 2.45) is 4.99 Å². The average molecular weight is 658 g/mol. The quantitative estimate of drug-likeness (QED) is 0.214. The summed E-state index contributed by atoms with van der Waals surface area (Å²) < 4.78 is 14.1. The molecule has 40 heavy (non-hydrogen) atoms. The van der Waals surface area contributed by atoms with Crippen LogP contribution in [-0.4, -0.2) is 17.1 Å². The van der Waals surface area contributed by atoms with Gasteiger partial charge in [-0.05, 0) is 77.3 Å². The van der Waals surface area contributed by atoms with Gasteiger partial charge in [0.05, 0.1) is 32.9 Å². The first-order chi connectivity index (χ1) is 19.3. The van der Waals surface area contributed by atoms with Crippen LogP contribution in [0.5, 0.6) is 5.75 Å². The molecular weight excluding hydrogens is 635 g/mol. The molecule has 1 atom stereocenters. The minimum Gasteiger partial charge on any atom is -0.488 e. The van der Waals surface area contributed by atoms with Crippen LogP contribution < -0.4 is 19.6 Å². The molecule has 0 fully saturated rings. The smallest absolute Gasteiger partial charge is 0.338 e. The number of benzene rings is 3. The molecule has 4 aromatic rings. The van der Waals surface area contributed by atoms with E-state index in [-0.39, 0.29) is 12.2 Å². The molecule has 0 spiro atoms. The van der Waals surface area contributed by atoms with E-state index in [1.165, 1.54) is 11.3 Å². The van der Waals surface area contributed by atoms with Crippen molar-refractivity contribution in [3.63, 3.8) is 0 Å². The molecule has 2 heterocycles. The molecule has 0 N–H and O–H groups in total. The van der Waals surface area contributed by atoms with Crippen LogP contribution in [0.3, 0.4) is 0 Å². The lowest BCUT2D eigenvalue weighted by Crippen LogP contribution is -2.39. The number of halogens is 3. The Morgan fingerprint density at radius 1 is 1.12 bits per heavy atom. The Kier molecular flexibility index (Phi) is 8.61. The number of aromatic nitrogens is 1. The second-order valence-electron chi connectivity index (χ2n) is 8.92. The van der Waals surface area contributed by atoms with Gasteiger partial charge in [0.1, 0.15) is 12.4 Å². The van der Waals surface area contributed by atoms with Crippen LogP contribution in [0.25, 0.3) is 6.08 Å². The first-order valence-electron chi connectivity index (χ1n) is 12.4. The maximum Gasteiger partial charge on any atom is 0.338 e. The first kappa shape index (κ1) is 28.4. The van der Waals surface area contributed by atoms with E-state index in [9.17, 15) is 9.59 Å². The van der Waals surface area contributed by atoms with E-state index in [0.717, 1.165) is 21.2 Å². The molecule has 204 valence electrons. The number of rotatable bonds is 7. The molecule has 0 unspecified atom stereocenters. The maximum atomic E-state index is 13.8. The predicted molar refractivity (Wildman–Crippen MR) is 162 cm³/mol. The molecule has 6 nitrogen and oxygen atoms in total. The summed E-state index contributed by atoms with van der Waals surface area (Å²) in [4.78, 5) is 31.9. The number of hydrogen-bond acceptors (Lipinski definition) is 6. The van der Waals surface area contributed by atoms with Crippen LogP contribution in [0, 0.1) is 0 Å². The van der Waals surface area contributed by atoms with Gasteiger partial charge in [0.2, 0.25) is 0 Å². The molecule has 5 rings (SSSR count). The van der Waals surface area contributed by atoms with Crippen molar-refractivity contribution in [2.75, 3.05) is 6.61 Å². The summed E-state index contributed by atoms with van der Waals surface area (Å²) in [5.41, 5.74) is 2.99. The molecule has 0 aliphatic carbocycles. The first-order valence-corrected chi connectivity index (χ1v) is 14.7. The molecular formula is C30H23BrCl2N2O4S. The third-order valence-corrected chi connectivity index (χ3v) is 8.52. The molecule has 0 saturated heterocycles. The molecule has 1 aliphatic heterocycles. The zero-order valence-electron chi connectivity index (χ0n) is 21.5. The summed E-state index contributed by atoms with van der Waals surface area (Å²) in [6.07, 6.45) is 1.80. The van der Waals surface area contributed by atoms with Crippen molar-refractivity contribution in [3.8, 4) is 5.75 Å². The fourth-order valence-corrected chi connectivity index (χ4v) is 6.27. The summed E-state index contributed by atoms with van der Waals surface area (Å²) in [6.45, 7) is 4.03. The Morgan fingerprint density at radius 3 is 2.58 bits per heavy atom. The van der Waals surface area contributed by atoms with E-state index >= 15 is 0 Å². The predicted octanol–water partition coefficient (Wildman–Crippen LogP) is 6.45. The summed E-state index contributed by atoms with van der Waals surface area (Å²) >= 11 is 17.2. The average Bonchev–Trinajstić information content (AvgIpc) is 3.23. The van der Waals surface area contributed by atoms with Crippen LogP contribution in [0.2, 0.25) is 10.0 Å². The number of fused-ring (bicyclic) bond motifs is 1. The normalized spacial score (nSPS) is 15.0. The van der Waals surface area contributed by atoms with Gasteiger partial charge in [-0.2, -0.15) is 0 Å². The summed E-state index contributed by atoms with van der Waals surface area (Å²) in [5.74, 6) is 0.144. The SMILES string of the molecule is CCOC(=O)C1=C(C)N=c2s/c(=C\c3ccc(OCc4ccccc4Cl)c(Br)c3)c(=O)n2[C@H]1c1ccc(Cl)cc1. The lowest BCUT2D eigenvalue weighted by atomic mass is 9.96. The number of esters is 1. The lowest BCUT2D eigenvalue weighted by molar-refractivity contribution is -0.139. The van der Waals surface area contributed by atoms with Crippen molar-refractivity contribution in [3.05, 3.63) is 129 Å². The molecule has 0 amide bonds. The van der Waals surface area contributed by atoms with Crippen LogP contribution in [-0.2, 0) is 16.1 Å². The van der Waals surface area contributed by atoms with Crippen LogP contribution in [0.1, 0.15) is 36.6 Å². The Labute approximate surface area is 252 Å². The lowest BCUT2D eigenvalue weighted by Gasteiger charge is -2.24. The van der Waals surface area contributed by atoms with E-state index in [2.05, 4.69) is 20.9 Å². The number of allylic oxidation sites excluding steroid dienone is 1. The highest BCUT2D eigenvalue weighted by Gasteiger charge is 2.33. The highest BCUT2D eigenvalue weighted by molar-refractivity contribution is 9.10. The summed E-state index contributed by atoms with van der Waals surface area (Å²) in [6, 6.07) is 19.5. The molecule has 3 aromatic carbocycles. The fourth-order valence-electron chi connectivity index (χ4n) is 4.40. The highest BCUT2D eigenvalue weighted by atomic mass is 79.9. The van der Waals surface area contributed by atoms with Gasteiger partial charge in [-0.15, -0.1) is 0 Å². The van der Waals surface area contributed by atoms with Crippen molar-refractivity contribution < 1.29 is 14.3 Å². The Hall–Kier alpha value is -3.17. The van der Waals surface area contributed by atoms with E-state index in [0.29, 0.717) is 43.0 Å². The van der Waals surface area contributed by atoms with E-state index in [4.69, 9.17) is 32.7 Å². The second-order valence-corrected chi connectivity index (χ2v) is 11.6. The summed E-state index contributed by atoms with van der Waals surface area (Å²) in [5, 5.41) is 1.20. The molecule has 0 bridgehead atoms. The van der Waals surface area contributed by atoms with Crippen LogP contribution in [0.15, 0.2) is 92.3 Å². The number of carbonyl (C=O) groups excluding carboxylic acids is 1. The highest BCUT2D eigenvalue weighted by Crippen LogP contribution is 2.32. The molecule has 0 saturated carbocycles. The number of hydrogen-bond donors (Lipinski definition) is 0. The third-order valence-electron chi connectivity index (χ3n) is 6.30. The van der Waals surface area contributed by atoms with Gasteiger partial charge in [-0.25, -0.2) is 9.79 Å².